The van der Waals surface area contributed by atoms with Crippen molar-refractivity contribution in [3.8, 4) is 0 Å². The lowest BCUT2D eigenvalue weighted by molar-refractivity contribution is 0.284. The van der Waals surface area contributed by atoms with Gasteiger partial charge in [-0.1, -0.05) is 20.8 Å². The van der Waals surface area contributed by atoms with Crippen LogP contribution in [0.3, 0.4) is 0 Å². The molecule has 0 aliphatic carbocycles. The zero-order chi connectivity index (χ0) is 16.0. The van der Waals surface area contributed by atoms with Crippen LogP contribution in [0, 0.1) is 0 Å². The van der Waals surface area contributed by atoms with Crippen LogP contribution >= 0.6 is 0 Å². The van der Waals surface area contributed by atoms with E-state index in [4.69, 9.17) is 0 Å². The van der Waals surface area contributed by atoms with E-state index in [0.29, 0.717) is 6.04 Å². The van der Waals surface area contributed by atoms with Crippen LogP contribution in [0.1, 0.15) is 47.4 Å². The summed E-state index contributed by atoms with van der Waals surface area (Å²) in [6, 6.07) is 2.54. The lowest BCUT2D eigenvalue weighted by Gasteiger charge is -2.22. The molecule has 120 valence electrons. The van der Waals surface area contributed by atoms with Gasteiger partial charge in [-0.15, -0.1) is 0 Å². The SMILES string of the molecule is CCNc1cc(NCCN(C)C(C)C)nc(C(C)(C)C)n1. The molecule has 0 saturated heterocycles. The van der Waals surface area contributed by atoms with Crippen LogP contribution in [0.25, 0.3) is 0 Å². The van der Waals surface area contributed by atoms with E-state index in [0.717, 1.165) is 37.1 Å². The third-order valence-corrected chi connectivity index (χ3v) is 3.41. The van der Waals surface area contributed by atoms with E-state index in [-0.39, 0.29) is 5.41 Å². The van der Waals surface area contributed by atoms with E-state index in [1.807, 2.05) is 6.07 Å². The first-order chi connectivity index (χ1) is 9.74. The number of nitrogens with one attached hydrogen (secondary N) is 2. The van der Waals surface area contributed by atoms with Crippen molar-refractivity contribution in [2.75, 3.05) is 37.3 Å². The molecule has 0 atom stereocenters. The molecule has 0 saturated carbocycles. The number of rotatable bonds is 7. The fourth-order valence-electron chi connectivity index (χ4n) is 1.76. The van der Waals surface area contributed by atoms with Gasteiger partial charge >= 0.3 is 0 Å². The maximum absolute atomic E-state index is 4.65. The Morgan fingerprint density at radius 2 is 1.71 bits per heavy atom. The summed E-state index contributed by atoms with van der Waals surface area (Å²) in [6.45, 7) is 15.6. The summed E-state index contributed by atoms with van der Waals surface area (Å²) < 4.78 is 0. The number of likely N-dealkylation sites (N-methyl/N-ethyl adjacent to an activating group) is 1. The second-order valence-corrected chi connectivity index (χ2v) is 6.74. The molecule has 1 aromatic heterocycles. The molecule has 5 heteroatoms. The van der Waals surface area contributed by atoms with Crippen LogP contribution in [0.4, 0.5) is 11.6 Å². The molecule has 0 bridgehead atoms. The third-order valence-electron chi connectivity index (χ3n) is 3.41. The monoisotopic (exact) mass is 293 g/mol. The topological polar surface area (TPSA) is 53.1 Å². The molecular weight excluding hydrogens is 262 g/mol. The summed E-state index contributed by atoms with van der Waals surface area (Å²) in [4.78, 5) is 11.6. The molecule has 0 aromatic carbocycles. The molecule has 1 aromatic rings. The fraction of sp³-hybridized carbons (Fsp3) is 0.750. The van der Waals surface area contributed by atoms with E-state index < -0.39 is 0 Å². The Morgan fingerprint density at radius 1 is 1.14 bits per heavy atom. The van der Waals surface area contributed by atoms with Gasteiger partial charge in [0.2, 0.25) is 0 Å². The van der Waals surface area contributed by atoms with Crippen molar-refractivity contribution in [2.24, 2.45) is 0 Å². The molecule has 0 amide bonds. The Labute approximate surface area is 129 Å². The first kappa shape index (κ1) is 17.7. The maximum Gasteiger partial charge on any atom is 0.138 e. The Hall–Kier alpha value is -1.36. The molecule has 0 spiro atoms. The Morgan fingerprint density at radius 3 is 2.19 bits per heavy atom. The van der Waals surface area contributed by atoms with Crippen molar-refractivity contribution in [3.63, 3.8) is 0 Å². The van der Waals surface area contributed by atoms with Crippen molar-refractivity contribution < 1.29 is 0 Å². The van der Waals surface area contributed by atoms with E-state index in [1.165, 1.54) is 0 Å². The van der Waals surface area contributed by atoms with Crippen LogP contribution in [0.2, 0.25) is 0 Å². The number of hydrogen-bond acceptors (Lipinski definition) is 5. The average Bonchev–Trinajstić information content (AvgIpc) is 2.37. The molecule has 0 radical (unpaired) electrons. The van der Waals surface area contributed by atoms with Crippen LogP contribution in [0.15, 0.2) is 6.07 Å². The van der Waals surface area contributed by atoms with E-state index in [9.17, 15) is 0 Å². The highest BCUT2D eigenvalue weighted by atomic mass is 15.1. The Bertz CT molecular complexity index is 437. The minimum Gasteiger partial charge on any atom is -0.370 e. The standard InChI is InChI=1S/C16H31N5/c1-8-17-13-11-14(18-9-10-21(7)12(2)3)20-15(19-13)16(4,5)6/h11-12H,8-10H2,1-7H3,(H2,17,18,19,20). The largest absolute Gasteiger partial charge is 0.370 e. The summed E-state index contributed by atoms with van der Waals surface area (Å²) in [6.07, 6.45) is 0. The Kier molecular flexibility index (Phi) is 6.40. The summed E-state index contributed by atoms with van der Waals surface area (Å²) in [5.41, 5.74) is -0.0589. The quantitative estimate of drug-likeness (QED) is 0.809. The third kappa shape index (κ3) is 5.87. The van der Waals surface area contributed by atoms with Crippen molar-refractivity contribution in [3.05, 3.63) is 11.9 Å². The second-order valence-electron chi connectivity index (χ2n) is 6.74. The first-order valence-electron chi connectivity index (χ1n) is 7.81. The van der Waals surface area contributed by atoms with E-state index in [1.54, 1.807) is 0 Å². The first-order valence-corrected chi connectivity index (χ1v) is 7.81. The van der Waals surface area contributed by atoms with Gasteiger partial charge in [0.1, 0.15) is 17.5 Å². The summed E-state index contributed by atoms with van der Waals surface area (Å²) in [5.74, 6) is 2.64. The molecule has 0 unspecified atom stereocenters. The lowest BCUT2D eigenvalue weighted by Crippen LogP contribution is -2.31. The predicted molar refractivity (Wildman–Crippen MR) is 91.2 cm³/mol. The highest BCUT2D eigenvalue weighted by molar-refractivity contribution is 5.48. The van der Waals surface area contributed by atoms with Crippen LogP contribution in [-0.2, 0) is 5.41 Å². The van der Waals surface area contributed by atoms with Gasteiger partial charge in [0, 0.05) is 37.2 Å². The molecular formula is C16H31N5. The summed E-state index contributed by atoms with van der Waals surface area (Å²) in [7, 11) is 2.14. The summed E-state index contributed by atoms with van der Waals surface area (Å²) in [5, 5.41) is 6.69. The van der Waals surface area contributed by atoms with Gasteiger partial charge in [0.15, 0.2) is 0 Å². The number of hydrogen-bond donors (Lipinski definition) is 2. The van der Waals surface area contributed by atoms with Gasteiger partial charge in [0.25, 0.3) is 0 Å². The maximum atomic E-state index is 4.65. The van der Waals surface area contributed by atoms with Crippen molar-refractivity contribution >= 4 is 11.6 Å². The van der Waals surface area contributed by atoms with Gasteiger partial charge in [-0.25, -0.2) is 9.97 Å². The van der Waals surface area contributed by atoms with Gasteiger partial charge < -0.3 is 15.5 Å². The number of aromatic nitrogens is 2. The summed E-state index contributed by atoms with van der Waals surface area (Å²) >= 11 is 0. The van der Waals surface area contributed by atoms with E-state index >= 15 is 0 Å². The highest BCUT2D eigenvalue weighted by Crippen LogP contribution is 2.22. The van der Waals surface area contributed by atoms with Gasteiger partial charge in [-0.3, -0.25) is 0 Å². The zero-order valence-electron chi connectivity index (χ0n) is 14.6. The molecule has 5 nitrogen and oxygen atoms in total. The van der Waals surface area contributed by atoms with Crippen LogP contribution in [0.5, 0.6) is 0 Å². The van der Waals surface area contributed by atoms with Crippen molar-refractivity contribution in [2.45, 2.75) is 53.0 Å². The van der Waals surface area contributed by atoms with Gasteiger partial charge in [-0.05, 0) is 27.8 Å². The highest BCUT2D eigenvalue weighted by Gasteiger charge is 2.19. The molecule has 1 heterocycles. The van der Waals surface area contributed by atoms with Crippen molar-refractivity contribution in [1.29, 1.82) is 0 Å². The predicted octanol–water partition coefficient (Wildman–Crippen LogP) is 2.96. The Balaban J connectivity index is 2.78. The van der Waals surface area contributed by atoms with Gasteiger partial charge in [-0.2, -0.15) is 0 Å². The molecule has 0 aliphatic rings. The minimum atomic E-state index is -0.0589. The molecule has 1 rings (SSSR count). The smallest absolute Gasteiger partial charge is 0.138 e. The fourth-order valence-corrected chi connectivity index (χ4v) is 1.76. The second kappa shape index (κ2) is 7.59. The zero-order valence-corrected chi connectivity index (χ0v) is 14.6. The minimum absolute atomic E-state index is 0.0589. The van der Waals surface area contributed by atoms with Crippen molar-refractivity contribution in [1.82, 2.24) is 14.9 Å². The van der Waals surface area contributed by atoms with Crippen LogP contribution in [-0.4, -0.2) is 47.6 Å². The number of anilines is 2. The van der Waals surface area contributed by atoms with Crippen LogP contribution < -0.4 is 10.6 Å². The molecule has 0 fully saturated rings. The lowest BCUT2D eigenvalue weighted by atomic mass is 9.96. The average molecular weight is 293 g/mol. The van der Waals surface area contributed by atoms with Gasteiger partial charge in [0.05, 0.1) is 0 Å². The molecule has 0 aliphatic heterocycles. The normalized spacial score (nSPS) is 12.0. The number of nitrogens with zero attached hydrogens (tertiary/aromatic N) is 3. The molecule has 21 heavy (non-hydrogen) atoms. The van der Waals surface area contributed by atoms with E-state index in [2.05, 4.69) is 74.1 Å². The molecule has 2 N–H and O–H groups in total.